The van der Waals surface area contributed by atoms with Crippen molar-refractivity contribution in [3.8, 4) is 0 Å². The van der Waals surface area contributed by atoms with Gasteiger partial charge in [-0.1, -0.05) is 13.3 Å². The Balaban J connectivity index is 0. The van der Waals surface area contributed by atoms with E-state index in [2.05, 4.69) is 11.8 Å². The molecule has 1 fully saturated rings. The molecule has 1 aliphatic rings. The van der Waals surface area contributed by atoms with Crippen LogP contribution in [-0.4, -0.2) is 30.8 Å². The molecular weight excluding hydrogens is 157 g/mol. The number of piperidine rings is 1. The van der Waals surface area contributed by atoms with Crippen molar-refractivity contribution >= 4 is 6.29 Å². The maximum atomic E-state index is 10.5. The van der Waals surface area contributed by atoms with Crippen LogP contribution in [0, 0.1) is 5.92 Å². The van der Waals surface area contributed by atoms with E-state index in [9.17, 15) is 4.79 Å². The van der Waals surface area contributed by atoms with E-state index >= 15 is 0 Å². The first-order valence-electron chi connectivity index (χ1n) is 5.04. The molecule has 0 aliphatic carbocycles. The molecule has 1 saturated heterocycles. The molecule has 72 valence electrons. The SMILES string of the molecule is CCCCN1CCC(C=O)CC1.[H-].[Li+]. The average molecular weight is 177 g/mol. The van der Waals surface area contributed by atoms with Crippen molar-refractivity contribution in [1.82, 2.24) is 4.90 Å². The molecule has 1 heterocycles. The van der Waals surface area contributed by atoms with Gasteiger partial charge in [-0.15, -0.1) is 0 Å². The zero-order chi connectivity index (χ0) is 8.81. The van der Waals surface area contributed by atoms with Crippen LogP contribution in [0.2, 0.25) is 0 Å². The number of hydrogen-bond donors (Lipinski definition) is 0. The molecule has 0 aromatic rings. The fraction of sp³-hybridized carbons (Fsp3) is 0.900. The summed E-state index contributed by atoms with van der Waals surface area (Å²) in [5.74, 6) is 0.350. The fourth-order valence-electron chi connectivity index (χ4n) is 1.69. The van der Waals surface area contributed by atoms with Gasteiger partial charge in [0, 0.05) is 5.92 Å². The van der Waals surface area contributed by atoms with Gasteiger partial charge in [0.2, 0.25) is 0 Å². The van der Waals surface area contributed by atoms with Crippen molar-refractivity contribution in [1.29, 1.82) is 0 Å². The maximum absolute atomic E-state index is 10.5. The predicted octanol–water partition coefficient (Wildman–Crippen LogP) is -1.19. The van der Waals surface area contributed by atoms with Crippen molar-refractivity contribution in [2.75, 3.05) is 19.6 Å². The Labute approximate surface area is 94.7 Å². The second kappa shape index (κ2) is 7.61. The molecule has 1 rings (SSSR count). The van der Waals surface area contributed by atoms with E-state index in [1.54, 1.807) is 0 Å². The molecule has 0 unspecified atom stereocenters. The second-order valence-corrected chi connectivity index (χ2v) is 3.67. The van der Waals surface area contributed by atoms with Gasteiger partial charge in [-0.3, -0.25) is 0 Å². The normalized spacial score (nSPS) is 19.5. The number of rotatable bonds is 4. The Morgan fingerprint density at radius 2 is 2.08 bits per heavy atom. The van der Waals surface area contributed by atoms with Crippen molar-refractivity contribution in [2.45, 2.75) is 32.6 Å². The summed E-state index contributed by atoms with van der Waals surface area (Å²) in [6, 6.07) is 0. The smallest absolute Gasteiger partial charge is 1.00 e. The van der Waals surface area contributed by atoms with E-state index in [1.165, 1.54) is 19.4 Å². The van der Waals surface area contributed by atoms with Gasteiger partial charge in [-0.05, 0) is 38.9 Å². The number of carbonyl (C=O) groups excluding carboxylic acids is 1. The number of hydrogen-bond acceptors (Lipinski definition) is 2. The molecule has 0 aromatic carbocycles. The number of carbonyl (C=O) groups is 1. The molecule has 0 bridgehead atoms. The third kappa shape index (κ3) is 4.86. The van der Waals surface area contributed by atoms with E-state index in [1.807, 2.05) is 0 Å². The molecule has 1 aliphatic heterocycles. The van der Waals surface area contributed by atoms with Crippen LogP contribution in [0.5, 0.6) is 0 Å². The predicted molar refractivity (Wildman–Crippen MR) is 51.2 cm³/mol. The van der Waals surface area contributed by atoms with E-state index in [4.69, 9.17) is 0 Å². The summed E-state index contributed by atoms with van der Waals surface area (Å²) in [7, 11) is 0. The summed E-state index contributed by atoms with van der Waals surface area (Å²) in [6.45, 7) is 5.70. The van der Waals surface area contributed by atoms with Crippen LogP contribution in [0.1, 0.15) is 34.0 Å². The Hall–Kier alpha value is 0.227. The molecule has 0 N–H and O–H groups in total. The van der Waals surface area contributed by atoms with Crippen LogP contribution in [-0.2, 0) is 4.79 Å². The standard InChI is InChI=1S/C10H19NO.Li.H/c1-2-3-6-11-7-4-10(9-12)5-8-11;;/h9-10H,2-8H2,1H3;;/q;+1;-1. The molecule has 0 spiro atoms. The minimum Gasteiger partial charge on any atom is -1.00 e. The molecule has 0 amide bonds. The Kier molecular flexibility index (Phi) is 7.75. The van der Waals surface area contributed by atoms with E-state index < -0.39 is 0 Å². The van der Waals surface area contributed by atoms with Gasteiger partial charge in [0.05, 0.1) is 0 Å². The van der Waals surface area contributed by atoms with Crippen molar-refractivity contribution < 1.29 is 25.1 Å². The number of aldehydes is 1. The summed E-state index contributed by atoms with van der Waals surface area (Å²) < 4.78 is 0. The van der Waals surface area contributed by atoms with Crippen LogP contribution in [0.25, 0.3) is 0 Å². The number of likely N-dealkylation sites (tertiary alicyclic amines) is 1. The van der Waals surface area contributed by atoms with Gasteiger partial charge in [0.1, 0.15) is 6.29 Å². The van der Waals surface area contributed by atoms with Gasteiger partial charge in [-0.2, -0.15) is 0 Å². The molecule has 2 nitrogen and oxygen atoms in total. The van der Waals surface area contributed by atoms with Crippen molar-refractivity contribution in [3.05, 3.63) is 0 Å². The first-order valence-corrected chi connectivity index (χ1v) is 5.04. The van der Waals surface area contributed by atoms with E-state index in [-0.39, 0.29) is 20.3 Å². The summed E-state index contributed by atoms with van der Waals surface area (Å²) in [5, 5.41) is 0. The topological polar surface area (TPSA) is 20.3 Å². The molecule has 0 radical (unpaired) electrons. The van der Waals surface area contributed by atoms with Gasteiger partial charge in [0.25, 0.3) is 0 Å². The Morgan fingerprint density at radius 3 is 2.54 bits per heavy atom. The first-order chi connectivity index (χ1) is 5.86. The molecule has 0 saturated carbocycles. The first kappa shape index (κ1) is 13.2. The summed E-state index contributed by atoms with van der Waals surface area (Å²) in [6.07, 6.45) is 5.84. The van der Waals surface area contributed by atoms with Crippen LogP contribution < -0.4 is 18.9 Å². The Bertz CT molecular complexity index is 138. The largest absolute Gasteiger partial charge is 1.00 e. The summed E-state index contributed by atoms with van der Waals surface area (Å²) in [4.78, 5) is 12.9. The Morgan fingerprint density at radius 1 is 1.46 bits per heavy atom. The number of nitrogens with zero attached hydrogens (tertiary/aromatic N) is 1. The quantitative estimate of drug-likeness (QED) is 0.398. The fourth-order valence-corrected chi connectivity index (χ4v) is 1.69. The van der Waals surface area contributed by atoms with Crippen LogP contribution >= 0.6 is 0 Å². The van der Waals surface area contributed by atoms with Crippen molar-refractivity contribution in [3.63, 3.8) is 0 Å². The minimum atomic E-state index is 0. The summed E-state index contributed by atoms with van der Waals surface area (Å²) in [5.41, 5.74) is 0. The molecule has 0 aromatic heterocycles. The zero-order valence-corrected chi connectivity index (χ0v) is 8.96. The second-order valence-electron chi connectivity index (χ2n) is 3.67. The average Bonchev–Trinajstić information content (AvgIpc) is 2.15. The van der Waals surface area contributed by atoms with Gasteiger partial charge >= 0.3 is 18.9 Å². The van der Waals surface area contributed by atoms with E-state index in [0.29, 0.717) is 5.92 Å². The van der Waals surface area contributed by atoms with Crippen LogP contribution in [0.15, 0.2) is 0 Å². The molecular formula is C10H20LiNO. The molecule has 3 heteroatoms. The monoisotopic (exact) mass is 177 g/mol. The third-order valence-corrected chi connectivity index (χ3v) is 2.65. The number of unbranched alkanes of at least 4 members (excludes halogenated alkanes) is 1. The van der Waals surface area contributed by atoms with Crippen molar-refractivity contribution in [2.24, 2.45) is 5.92 Å². The van der Waals surface area contributed by atoms with E-state index in [0.717, 1.165) is 32.2 Å². The molecule has 13 heavy (non-hydrogen) atoms. The van der Waals surface area contributed by atoms with Gasteiger partial charge in [-0.25, -0.2) is 0 Å². The van der Waals surface area contributed by atoms with Crippen LogP contribution in [0.4, 0.5) is 0 Å². The summed E-state index contributed by atoms with van der Waals surface area (Å²) >= 11 is 0. The van der Waals surface area contributed by atoms with Gasteiger partial charge in [0.15, 0.2) is 0 Å². The van der Waals surface area contributed by atoms with Crippen LogP contribution in [0.3, 0.4) is 0 Å². The minimum absolute atomic E-state index is 0. The maximum Gasteiger partial charge on any atom is 1.00 e. The molecule has 0 atom stereocenters. The zero-order valence-electron chi connectivity index (χ0n) is 9.96. The van der Waals surface area contributed by atoms with Gasteiger partial charge < -0.3 is 11.1 Å². The third-order valence-electron chi connectivity index (χ3n) is 2.65.